The van der Waals surface area contributed by atoms with Gasteiger partial charge in [0, 0.05) is 36.7 Å². The summed E-state index contributed by atoms with van der Waals surface area (Å²) in [5.74, 6) is 0.898. The van der Waals surface area contributed by atoms with Crippen molar-refractivity contribution in [3.8, 4) is 22.5 Å². The van der Waals surface area contributed by atoms with Crippen molar-refractivity contribution in [2.45, 2.75) is 25.8 Å². The highest BCUT2D eigenvalue weighted by Crippen LogP contribution is 2.33. The maximum atomic E-state index is 13.3. The summed E-state index contributed by atoms with van der Waals surface area (Å²) in [5, 5.41) is 7.11. The summed E-state index contributed by atoms with van der Waals surface area (Å²) in [7, 11) is 0. The molecule has 2 fully saturated rings. The second-order valence-electron chi connectivity index (χ2n) is 8.38. The lowest BCUT2D eigenvalue weighted by Gasteiger charge is -2.16. The van der Waals surface area contributed by atoms with Crippen molar-refractivity contribution in [3.05, 3.63) is 63.8 Å². The van der Waals surface area contributed by atoms with Crippen LogP contribution in [0, 0.1) is 17.7 Å². The summed E-state index contributed by atoms with van der Waals surface area (Å²) in [5.41, 5.74) is 2.13. The standard InChI is InChI=1S/C23H22ClFN4O2/c24-20-11-18(25)7-8-19(20)15-1-3-16(4-2-15)21-26-27-23(31)29(21)13-14-9-10-28(12-14)22(30)17-5-6-17/h1-4,7-8,11,14,17H,5-6,9-10,12-13H2,(H,27,31). The molecule has 0 bridgehead atoms. The Morgan fingerprint density at radius 3 is 2.58 bits per heavy atom. The number of hydrogen-bond donors (Lipinski definition) is 1. The molecule has 2 heterocycles. The van der Waals surface area contributed by atoms with Gasteiger partial charge >= 0.3 is 5.69 Å². The van der Waals surface area contributed by atoms with E-state index in [0.29, 0.717) is 23.9 Å². The Labute approximate surface area is 183 Å². The minimum absolute atomic E-state index is 0.221. The van der Waals surface area contributed by atoms with E-state index in [-0.39, 0.29) is 29.2 Å². The van der Waals surface area contributed by atoms with Crippen LogP contribution in [0.2, 0.25) is 5.02 Å². The summed E-state index contributed by atoms with van der Waals surface area (Å²) < 4.78 is 15.0. The Balaban J connectivity index is 1.35. The molecule has 0 radical (unpaired) electrons. The van der Waals surface area contributed by atoms with Crippen LogP contribution in [0.15, 0.2) is 47.3 Å². The van der Waals surface area contributed by atoms with Crippen molar-refractivity contribution in [2.75, 3.05) is 13.1 Å². The molecule has 1 aliphatic heterocycles. The van der Waals surface area contributed by atoms with Crippen molar-refractivity contribution in [2.24, 2.45) is 11.8 Å². The number of rotatable bonds is 5. The van der Waals surface area contributed by atoms with E-state index in [1.165, 1.54) is 12.1 Å². The fraction of sp³-hybridized carbons (Fsp3) is 0.348. The second kappa shape index (κ2) is 7.96. The lowest BCUT2D eigenvalue weighted by molar-refractivity contribution is -0.131. The van der Waals surface area contributed by atoms with Gasteiger partial charge in [-0.3, -0.25) is 9.36 Å². The van der Waals surface area contributed by atoms with Crippen LogP contribution >= 0.6 is 11.6 Å². The van der Waals surface area contributed by atoms with Gasteiger partial charge in [0.05, 0.1) is 5.02 Å². The Morgan fingerprint density at radius 1 is 1.13 bits per heavy atom. The van der Waals surface area contributed by atoms with Crippen molar-refractivity contribution < 1.29 is 9.18 Å². The molecule has 1 aromatic heterocycles. The first kappa shape index (κ1) is 20.0. The van der Waals surface area contributed by atoms with Crippen LogP contribution < -0.4 is 5.69 Å². The molecule has 1 N–H and O–H groups in total. The zero-order valence-corrected chi connectivity index (χ0v) is 17.6. The quantitative estimate of drug-likeness (QED) is 0.652. The monoisotopic (exact) mass is 440 g/mol. The van der Waals surface area contributed by atoms with Gasteiger partial charge in [-0.2, -0.15) is 5.10 Å². The average Bonchev–Trinajstić information content (AvgIpc) is 3.41. The summed E-state index contributed by atoms with van der Waals surface area (Å²) >= 11 is 6.17. The van der Waals surface area contributed by atoms with Crippen LogP contribution in [-0.2, 0) is 11.3 Å². The number of aromatic nitrogens is 3. The molecular weight excluding hydrogens is 419 g/mol. The van der Waals surface area contributed by atoms with Gasteiger partial charge in [-0.05, 0) is 48.9 Å². The summed E-state index contributed by atoms with van der Waals surface area (Å²) in [6.07, 6.45) is 2.90. The van der Waals surface area contributed by atoms with Crippen LogP contribution in [-0.4, -0.2) is 38.7 Å². The number of likely N-dealkylation sites (tertiary alicyclic amines) is 1. The van der Waals surface area contributed by atoms with Gasteiger partial charge in [-0.25, -0.2) is 14.3 Å². The molecule has 6 nitrogen and oxygen atoms in total. The molecular formula is C23H22ClFN4O2. The molecule has 0 spiro atoms. The fourth-order valence-electron chi connectivity index (χ4n) is 4.26. The molecule has 1 amide bonds. The second-order valence-corrected chi connectivity index (χ2v) is 8.78. The molecule has 1 unspecified atom stereocenters. The van der Waals surface area contributed by atoms with Crippen LogP contribution in [0.1, 0.15) is 19.3 Å². The van der Waals surface area contributed by atoms with E-state index in [4.69, 9.17) is 11.6 Å². The number of nitrogens with zero attached hydrogens (tertiary/aromatic N) is 3. The van der Waals surface area contributed by atoms with Gasteiger partial charge in [0.1, 0.15) is 5.82 Å². The van der Waals surface area contributed by atoms with Crippen LogP contribution in [0.3, 0.4) is 0 Å². The minimum Gasteiger partial charge on any atom is -0.342 e. The molecule has 3 aromatic rings. The number of H-pyrrole nitrogens is 1. The predicted molar refractivity (Wildman–Crippen MR) is 116 cm³/mol. The SMILES string of the molecule is O=C(C1CC1)N1CCC(Cn2c(-c3ccc(-c4ccc(F)cc4Cl)cc3)n[nH]c2=O)C1. The lowest BCUT2D eigenvalue weighted by Crippen LogP contribution is -2.31. The van der Waals surface area contributed by atoms with Gasteiger partial charge < -0.3 is 4.90 Å². The maximum Gasteiger partial charge on any atom is 0.343 e. The van der Waals surface area contributed by atoms with Crippen molar-refractivity contribution in [1.29, 1.82) is 0 Å². The van der Waals surface area contributed by atoms with E-state index in [2.05, 4.69) is 10.2 Å². The third kappa shape index (κ3) is 4.02. The number of hydrogen-bond acceptors (Lipinski definition) is 3. The zero-order valence-electron chi connectivity index (χ0n) is 16.9. The Kier molecular flexibility index (Phi) is 5.14. The Bertz CT molecular complexity index is 1180. The van der Waals surface area contributed by atoms with Gasteiger partial charge in [-0.15, -0.1) is 0 Å². The van der Waals surface area contributed by atoms with Crippen molar-refractivity contribution >= 4 is 17.5 Å². The third-order valence-corrected chi connectivity index (χ3v) is 6.42. The van der Waals surface area contributed by atoms with E-state index >= 15 is 0 Å². The van der Waals surface area contributed by atoms with E-state index in [1.807, 2.05) is 29.2 Å². The summed E-state index contributed by atoms with van der Waals surface area (Å²) in [6, 6.07) is 11.8. The smallest absolute Gasteiger partial charge is 0.342 e. The summed E-state index contributed by atoms with van der Waals surface area (Å²) in [4.78, 5) is 26.7. The number of carbonyl (C=O) groups is 1. The van der Waals surface area contributed by atoms with Crippen LogP contribution in [0.5, 0.6) is 0 Å². The van der Waals surface area contributed by atoms with Gasteiger partial charge in [0.2, 0.25) is 5.91 Å². The molecule has 1 saturated carbocycles. The molecule has 1 atom stereocenters. The van der Waals surface area contributed by atoms with Crippen LogP contribution in [0.25, 0.3) is 22.5 Å². The number of benzene rings is 2. The van der Waals surface area contributed by atoms with Crippen molar-refractivity contribution in [1.82, 2.24) is 19.7 Å². The number of aromatic amines is 1. The number of nitrogens with one attached hydrogen (secondary N) is 1. The summed E-state index contributed by atoms with van der Waals surface area (Å²) in [6.45, 7) is 1.97. The molecule has 8 heteroatoms. The van der Waals surface area contributed by atoms with E-state index in [9.17, 15) is 14.0 Å². The first-order valence-corrected chi connectivity index (χ1v) is 10.9. The first-order valence-electron chi connectivity index (χ1n) is 10.5. The lowest BCUT2D eigenvalue weighted by atomic mass is 10.0. The average molecular weight is 441 g/mol. The highest BCUT2D eigenvalue weighted by molar-refractivity contribution is 6.33. The topological polar surface area (TPSA) is 71.0 Å². The van der Waals surface area contributed by atoms with Gasteiger partial charge in [0.15, 0.2) is 5.82 Å². The molecule has 31 heavy (non-hydrogen) atoms. The third-order valence-electron chi connectivity index (χ3n) is 6.11. The number of halogens is 2. The highest BCUT2D eigenvalue weighted by Gasteiger charge is 2.36. The molecule has 160 valence electrons. The van der Waals surface area contributed by atoms with E-state index in [1.54, 1.807) is 10.6 Å². The molecule has 5 rings (SSSR count). The molecule has 2 aromatic carbocycles. The Hall–Kier alpha value is -2.93. The predicted octanol–water partition coefficient (Wildman–Crippen LogP) is 3.96. The Morgan fingerprint density at radius 2 is 1.87 bits per heavy atom. The van der Waals surface area contributed by atoms with E-state index < -0.39 is 0 Å². The first-order chi connectivity index (χ1) is 15.0. The van der Waals surface area contributed by atoms with Gasteiger partial charge in [-0.1, -0.05) is 35.9 Å². The molecule has 1 saturated heterocycles. The normalized spacial score (nSPS) is 18.5. The highest BCUT2D eigenvalue weighted by atomic mass is 35.5. The number of carbonyl (C=O) groups excluding carboxylic acids is 1. The largest absolute Gasteiger partial charge is 0.343 e. The maximum absolute atomic E-state index is 13.3. The van der Waals surface area contributed by atoms with E-state index in [0.717, 1.165) is 42.5 Å². The zero-order chi connectivity index (χ0) is 21.5. The molecule has 1 aliphatic carbocycles. The minimum atomic E-state index is -0.379. The van der Waals surface area contributed by atoms with Crippen molar-refractivity contribution in [3.63, 3.8) is 0 Å². The van der Waals surface area contributed by atoms with Gasteiger partial charge in [0.25, 0.3) is 0 Å². The molecule has 2 aliphatic rings. The number of amides is 1. The fourth-order valence-corrected chi connectivity index (χ4v) is 4.53. The van der Waals surface area contributed by atoms with Crippen LogP contribution in [0.4, 0.5) is 4.39 Å².